The Bertz CT molecular complexity index is 848. The van der Waals surface area contributed by atoms with Crippen LogP contribution in [0.4, 0.5) is 0 Å². The Balaban J connectivity index is 2.07. The first kappa shape index (κ1) is 22.9. The van der Waals surface area contributed by atoms with Gasteiger partial charge in [-0.2, -0.15) is 0 Å². The van der Waals surface area contributed by atoms with Crippen LogP contribution >= 0.6 is 46.6 Å². The minimum Gasteiger partial charge on any atom is -0.357 e. The summed E-state index contributed by atoms with van der Waals surface area (Å²) >= 11 is 19.8. The number of likely N-dealkylation sites (N-methyl/N-ethyl adjacent to an activating group) is 1. The van der Waals surface area contributed by atoms with Gasteiger partial charge in [0.2, 0.25) is 11.8 Å². The molecule has 0 unspecified atom stereocenters. The van der Waals surface area contributed by atoms with Gasteiger partial charge in [0.1, 0.15) is 6.04 Å². The maximum absolute atomic E-state index is 12.9. The zero-order valence-electron chi connectivity index (χ0n) is 15.5. The van der Waals surface area contributed by atoms with Crippen LogP contribution in [0.5, 0.6) is 0 Å². The summed E-state index contributed by atoms with van der Waals surface area (Å²) in [5, 5.41) is 4.29. The maximum atomic E-state index is 12.9. The Morgan fingerprint density at radius 1 is 1.07 bits per heavy atom. The van der Waals surface area contributed by atoms with E-state index >= 15 is 0 Å². The maximum Gasteiger partial charge on any atom is 0.242 e. The number of halogens is 3. The van der Waals surface area contributed by atoms with E-state index in [9.17, 15) is 9.59 Å². The van der Waals surface area contributed by atoms with Crippen molar-refractivity contribution >= 4 is 58.4 Å². The molecule has 28 heavy (non-hydrogen) atoms. The summed E-state index contributed by atoms with van der Waals surface area (Å²) in [6, 6.07) is 12.0. The molecule has 8 heteroatoms. The molecular weight excluding hydrogens is 439 g/mol. The standard InChI is InChI=1S/C20H21Cl3N2O2S/c1-13(20(27)24-2)25(10-14-5-3-4-6-17(14)22)19(26)12-28-11-15-7-8-16(21)9-18(15)23/h3-9,13H,10-12H2,1-2H3,(H,24,27)/t13-/m0/s1. The highest BCUT2D eigenvalue weighted by Crippen LogP contribution is 2.25. The molecule has 2 amide bonds. The molecule has 0 saturated carbocycles. The van der Waals surface area contributed by atoms with Crippen molar-refractivity contribution in [3.63, 3.8) is 0 Å². The molecule has 150 valence electrons. The minimum absolute atomic E-state index is 0.147. The Hall–Kier alpha value is -1.40. The molecule has 0 heterocycles. The smallest absolute Gasteiger partial charge is 0.242 e. The summed E-state index contributed by atoms with van der Waals surface area (Å²) < 4.78 is 0. The highest BCUT2D eigenvalue weighted by atomic mass is 35.5. The number of benzene rings is 2. The normalized spacial score (nSPS) is 11.8. The van der Waals surface area contributed by atoms with Gasteiger partial charge in [-0.15, -0.1) is 11.8 Å². The summed E-state index contributed by atoms with van der Waals surface area (Å²) in [6.07, 6.45) is 0. The molecule has 2 aromatic rings. The number of nitrogens with zero attached hydrogens (tertiary/aromatic N) is 1. The topological polar surface area (TPSA) is 49.4 Å². The Kier molecular flexibility index (Phi) is 8.96. The van der Waals surface area contributed by atoms with E-state index in [1.165, 1.54) is 16.7 Å². The monoisotopic (exact) mass is 458 g/mol. The third-order valence-corrected chi connectivity index (χ3v) is 6.13. The van der Waals surface area contributed by atoms with Crippen LogP contribution in [0.3, 0.4) is 0 Å². The molecule has 0 aliphatic rings. The first-order valence-corrected chi connectivity index (χ1v) is 10.9. The van der Waals surface area contributed by atoms with E-state index in [0.29, 0.717) is 20.8 Å². The van der Waals surface area contributed by atoms with Crippen LogP contribution in [0.25, 0.3) is 0 Å². The summed E-state index contributed by atoms with van der Waals surface area (Å²) in [5.41, 5.74) is 1.69. The van der Waals surface area contributed by atoms with Gasteiger partial charge in [-0.3, -0.25) is 9.59 Å². The van der Waals surface area contributed by atoms with Crippen LogP contribution in [-0.2, 0) is 21.9 Å². The average Bonchev–Trinajstić information content (AvgIpc) is 2.67. The van der Waals surface area contributed by atoms with Gasteiger partial charge in [0.25, 0.3) is 0 Å². The first-order chi connectivity index (χ1) is 13.3. The number of hydrogen-bond donors (Lipinski definition) is 1. The highest BCUT2D eigenvalue weighted by Gasteiger charge is 2.25. The molecule has 4 nitrogen and oxygen atoms in total. The fourth-order valence-electron chi connectivity index (χ4n) is 2.57. The molecule has 0 aliphatic carbocycles. The number of amides is 2. The van der Waals surface area contributed by atoms with Gasteiger partial charge < -0.3 is 10.2 Å². The predicted octanol–water partition coefficient (Wildman–Crippen LogP) is 5.04. The van der Waals surface area contributed by atoms with E-state index < -0.39 is 6.04 Å². The molecular formula is C20H21Cl3N2O2S. The van der Waals surface area contributed by atoms with E-state index in [0.717, 1.165) is 11.1 Å². The van der Waals surface area contributed by atoms with Crippen molar-refractivity contribution in [1.29, 1.82) is 0 Å². The van der Waals surface area contributed by atoms with Gasteiger partial charge in [-0.1, -0.05) is 59.1 Å². The molecule has 1 atom stereocenters. The zero-order valence-corrected chi connectivity index (χ0v) is 18.6. The third-order valence-electron chi connectivity index (χ3n) is 4.21. The molecule has 0 aliphatic heterocycles. The minimum atomic E-state index is -0.617. The molecule has 2 aromatic carbocycles. The Morgan fingerprint density at radius 2 is 1.79 bits per heavy atom. The number of rotatable bonds is 8. The lowest BCUT2D eigenvalue weighted by Gasteiger charge is -2.28. The molecule has 0 bridgehead atoms. The van der Waals surface area contributed by atoms with Gasteiger partial charge in [-0.05, 0) is 36.2 Å². The van der Waals surface area contributed by atoms with Crippen LogP contribution in [0.15, 0.2) is 42.5 Å². The van der Waals surface area contributed by atoms with E-state index in [2.05, 4.69) is 5.32 Å². The van der Waals surface area contributed by atoms with E-state index in [1.54, 1.807) is 32.2 Å². The summed E-state index contributed by atoms with van der Waals surface area (Å²) in [5.74, 6) is 0.401. The summed E-state index contributed by atoms with van der Waals surface area (Å²) in [7, 11) is 1.55. The van der Waals surface area contributed by atoms with Crippen molar-refractivity contribution in [2.45, 2.75) is 25.3 Å². The van der Waals surface area contributed by atoms with Crippen molar-refractivity contribution in [2.24, 2.45) is 0 Å². The summed E-state index contributed by atoms with van der Waals surface area (Å²) in [6.45, 7) is 1.96. The van der Waals surface area contributed by atoms with Crippen molar-refractivity contribution in [3.8, 4) is 0 Å². The second kappa shape index (κ2) is 11.0. The van der Waals surface area contributed by atoms with Crippen molar-refractivity contribution in [1.82, 2.24) is 10.2 Å². The molecule has 0 radical (unpaired) electrons. The number of thioether (sulfide) groups is 1. The number of nitrogens with one attached hydrogen (secondary N) is 1. The van der Waals surface area contributed by atoms with Crippen LogP contribution in [0.2, 0.25) is 15.1 Å². The third kappa shape index (κ3) is 6.31. The fraction of sp³-hybridized carbons (Fsp3) is 0.300. The predicted molar refractivity (Wildman–Crippen MR) is 118 cm³/mol. The molecule has 2 rings (SSSR count). The molecule has 0 aromatic heterocycles. The molecule has 0 spiro atoms. The van der Waals surface area contributed by atoms with E-state index in [1.807, 2.05) is 24.3 Å². The molecule has 1 N–H and O–H groups in total. The van der Waals surface area contributed by atoms with Crippen LogP contribution in [0.1, 0.15) is 18.1 Å². The second-order valence-electron chi connectivity index (χ2n) is 6.13. The lowest BCUT2D eigenvalue weighted by Crippen LogP contribution is -2.47. The van der Waals surface area contributed by atoms with Gasteiger partial charge in [0.15, 0.2) is 0 Å². The number of carbonyl (C=O) groups is 2. The van der Waals surface area contributed by atoms with Gasteiger partial charge >= 0.3 is 0 Å². The summed E-state index contributed by atoms with van der Waals surface area (Å²) in [4.78, 5) is 26.5. The zero-order chi connectivity index (χ0) is 20.7. The first-order valence-electron chi connectivity index (χ1n) is 8.59. The van der Waals surface area contributed by atoms with Gasteiger partial charge in [0.05, 0.1) is 5.75 Å². The van der Waals surface area contributed by atoms with Crippen molar-refractivity contribution in [3.05, 3.63) is 68.7 Å². The quantitative estimate of drug-likeness (QED) is 0.601. The van der Waals surface area contributed by atoms with Crippen molar-refractivity contribution < 1.29 is 9.59 Å². The van der Waals surface area contributed by atoms with Crippen LogP contribution in [-0.4, -0.2) is 35.6 Å². The molecule has 0 saturated heterocycles. The fourth-order valence-corrected chi connectivity index (χ4v) is 4.24. The van der Waals surface area contributed by atoms with Crippen LogP contribution in [0, 0.1) is 0 Å². The number of hydrogen-bond acceptors (Lipinski definition) is 3. The highest BCUT2D eigenvalue weighted by molar-refractivity contribution is 7.99. The van der Waals surface area contributed by atoms with Gasteiger partial charge in [-0.25, -0.2) is 0 Å². The SMILES string of the molecule is CNC(=O)[C@H](C)N(Cc1ccccc1Cl)C(=O)CSCc1ccc(Cl)cc1Cl. The van der Waals surface area contributed by atoms with E-state index in [-0.39, 0.29) is 24.1 Å². The average molecular weight is 460 g/mol. The Labute approximate surface area is 184 Å². The molecule has 0 fully saturated rings. The largest absolute Gasteiger partial charge is 0.357 e. The van der Waals surface area contributed by atoms with E-state index in [4.69, 9.17) is 34.8 Å². The second-order valence-corrected chi connectivity index (χ2v) is 8.37. The number of carbonyl (C=O) groups excluding carboxylic acids is 2. The lowest BCUT2D eigenvalue weighted by molar-refractivity contribution is -0.138. The van der Waals surface area contributed by atoms with Gasteiger partial charge in [0, 0.05) is 34.4 Å². The van der Waals surface area contributed by atoms with Crippen LogP contribution < -0.4 is 5.32 Å². The Morgan fingerprint density at radius 3 is 2.43 bits per heavy atom. The lowest BCUT2D eigenvalue weighted by atomic mass is 10.1. The van der Waals surface area contributed by atoms with Crippen molar-refractivity contribution in [2.75, 3.05) is 12.8 Å².